The molecule has 136 valence electrons. The lowest BCUT2D eigenvalue weighted by Crippen LogP contribution is -2.52. The quantitative estimate of drug-likeness (QED) is 0.867. The van der Waals surface area contributed by atoms with Crippen LogP contribution in [0.15, 0.2) is 24.3 Å². The molecule has 8 nitrogen and oxygen atoms in total. The summed E-state index contributed by atoms with van der Waals surface area (Å²) in [5, 5.41) is 9.48. The third-order valence-corrected chi connectivity index (χ3v) is 3.96. The van der Waals surface area contributed by atoms with Gasteiger partial charge in [0.15, 0.2) is 0 Å². The second kappa shape index (κ2) is 8.36. The van der Waals surface area contributed by atoms with Crippen molar-refractivity contribution in [1.29, 1.82) is 0 Å². The maximum absolute atomic E-state index is 12.4. The first-order chi connectivity index (χ1) is 11.9. The largest absolute Gasteiger partial charge is 0.508 e. The maximum Gasteiger partial charge on any atom is 0.409 e. The standard InChI is InChI=1S/C17H23N3O5/c1-3-25-17(24)18(2)12-15(22)19-7-9-20(10-8-19)16(23)13-5-4-6-14(21)11-13/h4-6,11,21H,3,7-10,12H2,1-2H3. The van der Waals surface area contributed by atoms with Crippen LogP contribution in [0, 0.1) is 0 Å². The maximum atomic E-state index is 12.4. The van der Waals surface area contributed by atoms with E-state index in [0.29, 0.717) is 31.7 Å². The fraction of sp³-hybridized carbons (Fsp3) is 0.471. The first-order valence-corrected chi connectivity index (χ1v) is 8.16. The van der Waals surface area contributed by atoms with Crippen LogP contribution < -0.4 is 0 Å². The molecular weight excluding hydrogens is 326 g/mol. The summed E-state index contributed by atoms with van der Waals surface area (Å²) in [5.74, 6) is -0.312. The zero-order valence-corrected chi connectivity index (χ0v) is 14.5. The molecule has 1 N–H and O–H groups in total. The van der Waals surface area contributed by atoms with Crippen molar-refractivity contribution in [1.82, 2.24) is 14.7 Å². The number of rotatable bonds is 4. The molecule has 1 aromatic carbocycles. The average molecular weight is 349 g/mol. The van der Waals surface area contributed by atoms with E-state index in [4.69, 9.17) is 4.74 Å². The lowest BCUT2D eigenvalue weighted by molar-refractivity contribution is -0.133. The van der Waals surface area contributed by atoms with Gasteiger partial charge in [0.25, 0.3) is 5.91 Å². The van der Waals surface area contributed by atoms with E-state index in [1.54, 1.807) is 28.9 Å². The van der Waals surface area contributed by atoms with E-state index in [2.05, 4.69) is 0 Å². The predicted octanol–water partition coefficient (Wildman–Crippen LogP) is 0.765. The van der Waals surface area contributed by atoms with Gasteiger partial charge in [0, 0.05) is 38.8 Å². The van der Waals surface area contributed by atoms with Gasteiger partial charge < -0.3 is 24.5 Å². The molecule has 25 heavy (non-hydrogen) atoms. The zero-order valence-electron chi connectivity index (χ0n) is 14.5. The number of ether oxygens (including phenoxy) is 1. The van der Waals surface area contributed by atoms with Crippen molar-refractivity contribution in [3.63, 3.8) is 0 Å². The van der Waals surface area contributed by atoms with Crippen molar-refractivity contribution in [2.24, 2.45) is 0 Å². The van der Waals surface area contributed by atoms with Crippen LogP contribution in [0.4, 0.5) is 4.79 Å². The number of hydrogen-bond acceptors (Lipinski definition) is 5. The molecule has 0 spiro atoms. The minimum atomic E-state index is -0.534. The van der Waals surface area contributed by atoms with E-state index in [0.717, 1.165) is 0 Å². The molecule has 1 saturated heterocycles. The SMILES string of the molecule is CCOC(=O)N(C)CC(=O)N1CCN(C(=O)c2cccc(O)c2)CC1. The number of amides is 3. The van der Waals surface area contributed by atoms with Gasteiger partial charge in [-0.1, -0.05) is 6.07 Å². The summed E-state index contributed by atoms with van der Waals surface area (Å²) in [5.41, 5.74) is 0.418. The first-order valence-electron chi connectivity index (χ1n) is 8.16. The number of phenolic OH excluding ortho intramolecular Hbond substituents is 1. The fourth-order valence-electron chi connectivity index (χ4n) is 2.58. The molecule has 0 aliphatic carbocycles. The van der Waals surface area contributed by atoms with Crippen LogP contribution in [-0.4, -0.2) is 84.1 Å². The van der Waals surface area contributed by atoms with Gasteiger partial charge in [0.1, 0.15) is 12.3 Å². The molecule has 0 aromatic heterocycles. The molecule has 0 unspecified atom stereocenters. The Morgan fingerprint density at radius 1 is 1.16 bits per heavy atom. The molecule has 1 fully saturated rings. The van der Waals surface area contributed by atoms with Crippen molar-refractivity contribution in [2.45, 2.75) is 6.92 Å². The van der Waals surface area contributed by atoms with E-state index in [-0.39, 0.29) is 30.7 Å². The number of piperazine rings is 1. The Morgan fingerprint density at radius 2 is 1.80 bits per heavy atom. The highest BCUT2D eigenvalue weighted by molar-refractivity contribution is 5.94. The van der Waals surface area contributed by atoms with Gasteiger partial charge in [0.2, 0.25) is 5.91 Å². The van der Waals surface area contributed by atoms with Gasteiger partial charge >= 0.3 is 6.09 Å². The molecule has 0 saturated carbocycles. The summed E-state index contributed by atoms with van der Waals surface area (Å²) < 4.78 is 4.84. The first kappa shape index (κ1) is 18.6. The topological polar surface area (TPSA) is 90.4 Å². The van der Waals surface area contributed by atoms with Crippen LogP contribution in [0.5, 0.6) is 5.75 Å². The third kappa shape index (κ3) is 4.85. The number of hydrogen-bond donors (Lipinski definition) is 1. The molecule has 8 heteroatoms. The molecule has 0 bridgehead atoms. The summed E-state index contributed by atoms with van der Waals surface area (Å²) >= 11 is 0. The molecule has 1 aliphatic rings. The summed E-state index contributed by atoms with van der Waals surface area (Å²) in [4.78, 5) is 40.7. The van der Waals surface area contributed by atoms with Gasteiger partial charge in [-0.25, -0.2) is 4.79 Å². The van der Waals surface area contributed by atoms with E-state index in [1.807, 2.05) is 0 Å². The van der Waals surface area contributed by atoms with Crippen LogP contribution in [0.2, 0.25) is 0 Å². The number of likely N-dealkylation sites (N-methyl/N-ethyl adjacent to an activating group) is 1. The van der Waals surface area contributed by atoms with Crippen molar-refractivity contribution in [2.75, 3.05) is 46.4 Å². The second-order valence-corrected chi connectivity index (χ2v) is 5.78. The number of aromatic hydroxyl groups is 1. The Kier molecular flexibility index (Phi) is 6.21. The Labute approximate surface area is 146 Å². The zero-order chi connectivity index (χ0) is 18.4. The Balaban J connectivity index is 1.85. The molecule has 1 aliphatic heterocycles. The number of nitrogens with zero attached hydrogens (tertiary/aromatic N) is 3. The van der Waals surface area contributed by atoms with Crippen LogP contribution in [0.3, 0.4) is 0 Å². The number of phenols is 1. The van der Waals surface area contributed by atoms with Crippen LogP contribution in [0.1, 0.15) is 17.3 Å². The van der Waals surface area contributed by atoms with Crippen molar-refractivity contribution < 1.29 is 24.2 Å². The Morgan fingerprint density at radius 3 is 2.40 bits per heavy atom. The highest BCUT2D eigenvalue weighted by Crippen LogP contribution is 2.14. The van der Waals surface area contributed by atoms with E-state index < -0.39 is 6.09 Å². The molecule has 3 amide bonds. The second-order valence-electron chi connectivity index (χ2n) is 5.78. The van der Waals surface area contributed by atoms with Crippen LogP contribution in [0.25, 0.3) is 0 Å². The van der Waals surface area contributed by atoms with Crippen LogP contribution >= 0.6 is 0 Å². The monoisotopic (exact) mass is 349 g/mol. The fourth-order valence-corrected chi connectivity index (χ4v) is 2.58. The number of carbonyl (C=O) groups excluding carboxylic acids is 3. The van der Waals surface area contributed by atoms with Gasteiger partial charge in [-0.3, -0.25) is 9.59 Å². The number of benzene rings is 1. The third-order valence-electron chi connectivity index (χ3n) is 3.96. The molecular formula is C17H23N3O5. The van der Waals surface area contributed by atoms with Crippen LogP contribution in [-0.2, 0) is 9.53 Å². The Bertz CT molecular complexity index is 641. The highest BCUT2D eigenvalue weighted by atomic mass is 16.6. The molecule has 0 radical (unpaired) electrons. The smallest absolute Gasteiger partial charge is 0.409 e. The summed E-state index contributed by atoms with van der Waals surface area (Å²) in [7, 11) is 1.51. The van der Waals surface area contributed by atoms with Gasteiger partial charge in [-0.15, -0.1) is 0 Å². The normalized spacial score (nSPS) is 14.2. The lowest BCUT2D eigenvalue weighted by Gasteiger charge is -2.35. The van der Waals surface area contributed by atoms with Crippen molar-refractivity contribution >= 4 is 17.9 Å². The molecule has 1 aromatic rings. The molecule has 0 atom stereocenters. The summed E-state index contributed by atoms with van der Waals surface area (Å²) in [6.07, 6.45) is -0.534. The van der Waals surface area contributed by atoms with E-state index in [9.17, 15) is 19.5 Å². The molecule has 2 rings (SSSR count). The summed E-state index contributed by atoms with van der Waals surface area (Å²) in [6.45, 7) is 3.52. The van der Waals surface area contributed by atoms with Gasteiger partial charge in [-0.05, 0) is 25.1 Å². The lowest BCUT2D eigenvalue weighted by atomic mass is 10.1. The van der Waals surface area contributed by atoms with Gasteiger partial charge in [-0.2, -0.15) is 0 Å². The van der Waals surface area contributed by atoms with E-state index >= 15 is 0 Å². The number of carbonyl (C=O) groups is 3. The average Bonchev–Trinajstić information content (AvgIpc) is 2.61. The Hall–Kier alpha value is -2.77. The highest BCUT2D eigenvalue weighted by Gasteiger charge is 2.26. The van der Waals surface area contributed by atoms with E-state index in [1.165, 1.54) is 24.1 Å². The van der Waals surface area contributed by atoms with Crippen molar-refractivity contribution in [3.05, 3.63) is 29.8 Å². The minimum Gasteiger partial charge on any atom is -0.508 e. The molecule has 1 heterocycles. The predicted molar refractivity (Wildman–Crippen MR) is 90.2 cm³/mol. The minimum absolute atomic E-state index is 0.0432. The summed E-state index contributed by atoms with van der Waals surface area (Å²) in [6, 6.07) is 6.20. The van der Waals surface area contributed by atoms with Crippen molar-refractivity contribution in [3.8, 4) is 5.75 Å². The van der Waals surface area contributed by atoms with Gasteiger partial charge in [0.05, 0.1) is 6.61 Å².